The second-order valence-corrected chi connectivity index (χ2v) is 6.61. The second kappa shape index (κ2) is 6.91. The van der Waals surface area contributed by atoms with E-state index < -0.39 is 17.8 Å². The van der Waals surface area contributed by atoms with Crippen LogP contribution in [-0.4, -0.2) is 17.8 Å². The summed E-state index contributed by atoms with van der Waals surface area (Å²) >= 11 is 1.38. The Bertz CT molecular complexity index is 609. The highest BCUT2D eigenvalue weighted by Gasteiger charge is 2.27. The van der Waals surface area contributed by atoms with E-state index in [4.69, 9.17) is 5.73 Å². The van der Waals surface area contributed by atoms with Crippen molar-refractivity contribution in [3.63, 3.8) is 0 Å². The van der Waals surface area contributed by atoms with Crippen LogP contribution in [0.4, 0.5) is 5.00 Å². The molecule has 0 fully saturated rings. The van der Waals surface area contributed by atoms with Gasteiger partial charge in [-0.05, 0) is 37.2 Å². The Labute approximate surface area is 132 Å². The van der Waals surface area contributed by atoms with Gasteiger partial charge in [0.05, 0.1) is 5.56 Å². The number of carbonyl (C=O) groups excluding carboxylic acids is 3. The molecule has 120 valence electrons. The van der Waals surface area contributed by atoms with E-state index in [1.54, 1.807) is 0 Å². The lowest BCUT2D eigenvalue weighted by Crippen LogP contribution is -2.24. The first kappa shape index (κ1) is 16.5. The predicted octanol–water partition coefficient (Wildman–Crippen LogP) is 0.830. The van der Waals surface area contributed by atoms with E-state index >= 15 is 0 Å². The number of fused-ring (bicyclic) bond motifs is 1. The molecule has 7 heteroatoms. The summed E-state index contributed by atoms with van der Waals surface area (Å²) in [7, 11) is 0. The molecule has 2 amide bonds. The number of carbonyl (C=O) groups is 3. The van der Waals surface area contributed by atoms with Crippen molar-refractivity contribution in [2.45, 2.75) is 45.4 Å². The van der Waals surface area contributed by atoms with Crippen LogP contribution in [-0.2, 0) is 22.4 Å². The summed E-state index contributed by atoms with van der Waals surface area (Å²) in [5.74, 6) is -1.69. The van der Waals surface area contributed by atoms with Crippen LogP contribution in [0.15, 0.2) is 0 Å². The smallest absolute Gasteiger partial charge is 0.251 e. The summed E-state index contributed by atoms with van der Waals surface area (Å²) in [5, 5.41) is 13.5. The molecule has 1 aliphatic rings. The second-order valence-electron chi connectivity index (χ2n) is 5.51. The first-order valence-corrected chi connectivity index (χ1v) is 8.18. The minimum atomic E-state index is -1.28. The average molecular weight is 323 g/mol. The van der Waals surface area contributed by atoms with Crippen molar-refractivity contribution in [3.05, 3.63) is 16.0 Å². The largest absolute Gasteiger partial charge is 0.550 e. The maximum absolute atomic E-state index is 11.8. The molecule has 1 aromatic heterocycles. The van der Waals surface area contributed by atoms with Gasteiger partial charge in [0, 0.05) is 17.3 Å². The average Bonchev–Trinajstić information content (AvgIpc) is 2.81. The molecule has 0 radical (unpaired) electrons. The van der Waals surface area contributed by atoms with Crippen molar-refractivity contribution >= 4 is 34.1 Å². The third-order valence-corrected chi connectivity index (χ3v) is 5.17. The summed E-state index contributed by atoms with van der Waals surface area (Å²) in [4.78, 5) is 35.0. The number of amides is 2. The van der Waals surface area contributed by atoms with E-state index in [0.717, 1.165) is 36.1 Å². The van der Waals surface area contributed by atoms with Gasteiger partial charge in [0.15, 0.2) is 0 Å². The van der Waals surface area contributed by atoms with Crippen LogP contribution in [0.3, 0.4) is 0 Å². The molecule has 0 aliphatic heterocycles. The molecule has 1 aliphatic carbocycles. The quantitative estimate of drug-likeness (QED) is 0.807. The predicted molar refractivity (Wildman–Crippen MR) is 81.5 cm³/mol. The Kier molecular flexibility index (Phi) is 5.18. The number of aliphatic carboxylic acids is 1. The fourth-order valence-corrected chi connectivity index (χ4v) is 4.14. The maximum atomic E-state index is 11.8. The first-order chi connectivity index (χ1) is 10.4. The van der Waals surface area contributed by atoms with Crippen LogP contribution < -0.4 is 16.2 Å². The Morgan fingerprint density at radius 3 is 2.68 bits per heavy atom. The zero-order valence-electron chi connectivity index (χ0n) is 12.4. The summed E-state index contributed by atoms with van der Waals surface area (Å²) in [6.07, 6.45) is 3.25. The summed E-state index contributed by atoms with van der Waals surface area (Å²) in [5.41, 5.74) is 6.79. The normalized spacial score (nSPS) is 16.9. The molecule has 0 aromatic carbocycles. The van der Waals surface area contributed by atoms with E-state index in [9.17, 15) is 19.5 Å². The van der Waals surface area contributed by atoms with Crippen LogP contribution in [0, 0.1) is 5.92 Å². The molecule has 2 rings (SSSR count). The lowest BCUT2D eigenvalue weighted by molar-refractivity contribution is -0.305. The van der Waals surface area contributed by atoms with Gasteiger partial charge in [0.1, 0.15) is 5.00 Å². The fourth-order valence-electron chi connectivity index (χ4n) is 2.76. The van der Waals surface area contributed by atoms with Crippen LogP contribution in [0.1, 0.15) is 53.4 Å². The van der Waals surface area contributed by atoms with Gasteiger partial charge in [-0.15, -0.1) is 11.3 Å². The van der Waals surface area contributed by atoms with E-state index in [2.05, 4.69) is 12.2 Å². The van der Waals surface area contributed by atoms with Gasteiger partial charge in [-0.3, -0.25) is 9.59 Å². The van der Waals surface area contributed by atoms with Gasteiger partial charge in [-0.1, -0.05) is 13.3 Å². The summed E-state index contributed by atoms with van der Waals surface area (Å²) in [6.45, 7) is 2.14. The highest BCUT2D eigenvalue weighted by Crippen LogP contribution is 2.40. The zero-order valence-corrected chi connectivity index (χ0v) is 13.3. The van der Waals surface area contributed by atoms with Crippen molar-refractivity contribution in [1.82, 2.24) is 0 Å². The Balaban J connectivity index is 2.20. The third kappa shape index (κ3) is 3.65. The number of hydrogen-bond donors (Lipinski definition) is 2. The standard InChI is InChI=1S/C15H20N2O4S/c1-2-8-3-4-9-10(7-8)22-15(13(9)14(16)21)17-11(18)5-6-12(19)20/h8H,2-7H2,1H3,(H2,16,21)(H,17,18)(H,19,20)/p-1. The summed E-state index contributed by atoms with van der Waals surface area (Å²) < 4.78 is 0. The number of nitrogens with one attached hydrogen (secondary N) is 1. The number of nitrogens with two attached hydrogens (primary N) is 1. The zero-order chi connectivity index (χ0) is 16.3. The first-order valence-electron chi connectivity index (χ1n) is 7.36. The van der Waals surface area contributed by atoms with Gasteiger partial charge in [-0.25, -0.2) is 0 Å². The van der Waals surface area contributed by atoms with E-state index in [0.29, 0.717) is 16.5 Å². The lowest BCUT2D eigenvalue weighted by atomic mass is 9.85. The van der Waals surface area contributed by atoms with Crippen molar-refractivity contribution in [2.75, 3.05) is 5.32 Å². The van der Waals surface area contributed by atoms with E-state index in [-0.39, 0.29) is 12.8 Å². The Morgan fingerprint density at radius 2 is 2.09 bits per heavy atom. The van der Waals surface area contributed by atoms with Crippen molar-refractivity contribution in [2.24, 2.45) is 11.7 Å². The molecule has 1 atom stereocenters. The third-order valence-electron chi connectivity index (χ3n) is 4.00. The van der Waals surface area contributed by atoms with Crippen molar-refractivity contribution < 1.29 is 19.5 Å². The molecular formula is C15H19N2O4S-. The number of primary amides is 1. The number of rotatable bonds is 6. The van der Waals surface area contributed by atoms with Crippen molar-refractivity contribution in [1.29, 1.82) is 0 Å². The molecule has 0 saturated carbocycles. The molecule has 0 saturated heterocycles. The molecule has 1 unspecified atom stereocenters. The van der Waals surface area contributed by atoms with Crippen LogP contribution in [0.25, 0.3) is 0 Å². The molecule has 6 nitrogen and oxygen atoms in total. The number of hydrogen-bond acceptors (Lipinski definition) is 5. The van der Waals surface area contributed by atoms with E-state index in [1.807, 2.05) is 0 Å². The number of thiophene rings is 1. The molecular weight excluding hydrogens is 304 g/mol. The SMILES string of the molecule is CCC1CCc2c(sc(NC(=O)CCC(=O)[O-])c2C(N)=O)C1. The minimum absolute atomic E-state index is 0.180. The molecule has 1 heterocycles. The number of carboxylic acids is 1. The summed E-state index contributed by atoms with van der Waals surface area (Å²) in [6, 6.07) is 0. The highest BCUT2D eigenvalue weighted by molar-refractivity contribution is 7.17. The highest BCUT2D eigenvalue weighted by atomic mass is 32.1. The molecule has 3 N–H and O–H groups in total. The number of anilines is 1. The Hall–Kier alpha value is -1.89. The molecule has 22 heavy (non-hydrogen) atoms. The van der Waals surface area contributed by atoms with Gasteiger partial charge >= 0.3 is 0 Å². The topological polar surface area (TPSA) is 112 Å². The van der Waals surface area contributed by atoms with Gasteiger partial charge in [0.2, 0.25) is 5.91 Å². The minimum Gasteiger partial charge on any atom is -0.550 e. The van der Waals surface area contributed by atoms with Crippen molar-refractivity contribution in [3.8, 4) is 0 Å². The fraction of sp³-hybridized carbons (Fsp3) is 0.533. The molecule has 0 spiro atoms. The molecule has 1 aromatic rings. The Morgan fingerprint density at radius 1 is 1.36 bits per heavy atom. The lowest BCUT2D eigenvalue weighted by Gasteiger charge is -2.20. The maximum Gasteiger partial charge on any atom is 0.251 e. The van der Waals surface area contributed by atoms with Gasteiger partial charge in [0.25, 0.3) is 5.91 Å². The monoisotopic (exact) mass is 323 g/mol. The molecule has 0 bridgehead atoms. The van der Waals surface area contributed by atoms with Gasteiger partial charge < -0.3 is 21.0 Å². The van der Waals surface area contributed by atoms with Gasteiger partial charge in [-0.2, -0.15) is 0 Å². The van der Waals surface area contributed by atoms with Crippen LogP contribution >= 0.6 is 11.3 Å². The van der Waals surface area contributed by atoms with Crippen LogP contribution in [0.5, 0.6) is 0 Å². The number of carboxylic acid groups (broad SMARTS) is 1. The van der Waals surface area contributed by atoms with Crippen LogP contribution in [0.2, 0.25) is 0 Å². The van der Waals surface area contributed by atoms with E-state index in [1.165, 1.54) is 11.3 Å².